The van der Waals surface area contributed by atoms with Crippen LogP contribution in [0.25, 0.3) is 0 Å². The Morgan fingerprint density at radius 1 is 1.08 bits per heavy atom. The molecule has 0 spiro atoms. The van der Waals surface area contributed by atoms with Crippen LogP contribution in [0.3, 0.4) is 0 Å². The van der Waals surface area contributed by atoms with E-state index in [1.165, 1.54) is 12.3 Å². The maximum absolute atomic E-state index is 13.4. The van der Waals surface area contributed by atoms with Gasteiger partial charge in [-0.3, -0.25) is 14.6 Å². The molecule has 196 valence electrons. The first-order valence-electron chi connectivity index (χ1n) is 12.2. The number of anilines is 2. The molecule has 2 aliphatic rings. The van der Waals surface area contributed by atoms with Gasteiger partial charge >= 0.3 is 6.18 Å². The fourth-order valence-electron chi connectivity index (χ4n) is 4.54. The Labute approximate surface area is 217 Å². The summed E-state index contributed by atoms with van der Waals surface area (Å²) in [6.07, 6.45) is -1.16. The molecule has 1 aromatic heterocycles. The maximum Gasteiger partial charge on any atom is 0.418 e. The van der Waals surface area contributed by atoms with E-state index in [9.17, 15) is 22.8 Å². The number of hydrogen-bond donors (Lipinski definition) is 3. The summed E-state index contributed by atoms with van der Waals surface area (Å²) in [5.41, 5.74) is 7.84. The molecule has 0 atom stereocenters. The van der Waals surface area contributed by atoms with Crippen LogP contribution in [0.5, 0.6) is 0 Å². The van der Waals surface area contributed by atoms with Gasteiger partial charge in [0.05, 0.1) is 46.5 Å². The number of aryl methyl sites for hydroxylation is 1. The van der Waals surface area contributed by atoms with Gasteiger partial charge in [0.1, 0.15) is 5.84 Å². The molecule has 5 rings (SSSR count). The molecule has 1 amide bonds. The Bertz CT molecular complexity index is 1440. The van der Waals surface area contributed by atoms with Gasteiger partial charge in [0.25, 0.3) is 0 Å². The number of Topliss-reactive ketones (excluding diaryl/α,β-unsaturated/α-hetero) is 1. The lowest BCUT2D eigenvalue weighted by Crippen LogP contribution is -2.33. The number of aromatic nitrogens is 1. The minimum Gasteiger partial charge on any atom is -0.387 e. The normalized spacial score (nSPS) is 15.4. The van der Waals surface area contributed by atoms with Crippen molar-refractivity contribution in [2.24, 2.45) is 16.1 Å². The molecule has 2 aromatic carbocycles. The predicted octanol–water partition coefficient (Wildman–Crippen LogP) is 5.37. The second kappa shape index (κ2) is 9.59. The average molecular weight is 522 g/mol. The second-order valence-corrected chi connectivity index (χ2v) is 9.90. The van der Waals surface area contributed by atoms with E-state index >= 15 is 0 Å². The van der Waals surface area contributed by atoms with Crippen molar-refractivity contribution >= 4 is 34.6 Å². The van der Waals surface area contributed by atoms with E-state index in [4.69, 9.17) is 5.73 Å². The van der Waals surface area contributed by atoms with E-state index in [2.05, 4.69) is 20.6 Å². The number of carbonyl (C=O) groups is 2. The zero-order valence-electron chi connectivity index (χ0n) is 20.7. The summed E-state index contributed by atoms with van der Waals surface area (Å²) < 4.78 is 40.2. The largest absolute Gasteiger partial charge is 0.418 e. The summed E-state index contributed by atoms with van der Waals surface area (Å²) in [5.74, 6) is 0.179. The van der Waals surface area contributed by atoms with Crippen LogP contribution in [0.15, 0.2) is 59.7 Å². The van der Waals surface area contributed by atoms with E-state index in [1.54, 1.807) is 37.3 Å². The lowest BCUT2D eigenvalue weighted by molar-refractivity contribution is -0.137. The van der Waals surface area contributed by atoms with Crippen molar-refractivity contribution in [2.75, 3.05) is 5.32 Å². The summed E-state index contributed by atoms with van der Waals surface area (Å²) in [6.45, 7) is 1.74. The van der Waals surface area contributed by atoms with Gasteiger partial charge in [-0.05, 0) is 55.7 Å². The summed E-state index contributed by atoms with van der Waals surface area (Å²) in [6, 6.07) is 12.6. The highest BCUT2D eigenvalue weighted by molar-refractivity contribution is 6.02. The van der Waals surface area contributed by atoms with E-state index in [-0.39, 0.29) is 30.3 Å². The quantitative estimate of drug-likeness (QED) is 0.346. The molecule has 7 nitrogen and oxygen atoms in total. The van der Waals surface area contributed by atoms with Gasteiger partial charge in [0, 0.05) is 18.4 Å². The Hall–Kier alpha value is -4.21. The molecule has 0 unspecified atom stereocenters. The lowest BCUT2D eigenvalue weighted by atomic mass is 9.94. The number of fused-ring (bicyclic) bond motifs is 1. The molecule has 3 aromatic rings. The molecular weight excluding hydrogens is 495 g/mol. The SMILES string of the molecule is Cc1ccc(Nc2ccc(CNC(=O)C3(CC(=O)c4ccc5c(c4)N=C(N)C5)CC3)nc2)c(C(F)(F)F)c1. The number of benzene rings is 2. The van der Waals surface area contributed by atoms with E-state index in [1.807, 2.05) is 6.07 Å². The first kappa shape index (κ1) is 25.4. The number of nitrogens with zero attached hydrogens (tertiary/aromatic N) is 2. The molecule has 2 heterocycles. The molecule has 0 saturated heterocycles. The number of nitrogens with two attached hydrogens (primary N) is 1. The van der Waals surface area contributed by atoms with Crippen molar-refractivity contribution in [1.29, 1.82) is 0 Å². The molecule has 0 bridgehead atoms. The number of nitrogens with one attached hydrogen (secondary N) is 2. The third kappa shape index (κ3) is 5.39. The number of hydrogen-bond acceptors (Lipinski definition) is 6. The maximum atomic E-state index is 13.4. The third-order valence-corrected chi connectivity index (χ3v) is 6.89. The zero-order valence-corrected chi connectivity index (χ0v) is 20.7. The number of amidine groups is 1. The van der Waals surface area contributed by atoms with Crippen LogP contribution in [0, 0.1) is 12.3 Å². The van der Waals surface area contributed by atoms with E-state index in [0.717, 1.165) is 11.6 Å². The van der Waals surface area contributed by atoms with Gasteiger partial charge < -0.3 is 16.4 Å². The Morgan fingerprint density at radius 3 is 2.55 bits per heavy atom. The standard InChI is InChI=1S/C28H26F3N5O2/c1-16-2-7-22(21(10-16)28(29,30)31)35-20-6-5-19(33-15-20)14-34-26(38)27(8-9-27)13-24(37)18-4-3-17-12-25(32)36-23(17)11-18/h2-7,10-11,15,35H,8-9,12-14H2,1H3,(H2,32,36)(H,34,38). The molecule has 38 heavy (non-hydrogen) atoms. The van der Waals surface area contributed by atoms with Crippen LogP contribution in [-0.2, 0) is 23.9 Å². The number of pyridine rings is 1. The van der Waals surface area contributed by atoms with Crippen molar-refractivity contribution in [3.8, 4) is 0 Å². The van der Waals surface area contributed by atoms with Crippen LogP contribution in [-0.4, -0.2) is 22.5 Å². The van der Waals surface area contributed by atoms with E-state index in [0.29, 0.717) is 53.3 Å². The number of alkyl halides is 3. The van der Waals surface area contributed by atoms with E-state index < -0.39 is 17.2 Å². The van der Waals surface area contributed by atoms with Gasteiger partial charge in [-0.15, -0.1) is 0 Å². The highest BCUT2D eigenvalue weighted by Crippen LogP contribution is 2.50. The summed E-state index contributed by atoms with van der Waals surface area (Å²) >= 11 is 0. The minimum atomic E-state index is -4.49. The molecule has 0 radical (unpaired) electrons. The highest BCUT2D eigenvalue weighted by atomic mass is 19.4. The smallest absolute Gasteiger partial charge is 0.387 e. The summed E-state index contributed by atoms with van der Waals surface area (Å²) in [5, 5.41) is 5.61. The van der Waals surface area contributed by atoms with Gasteiger partial charge in [-0.1, -0.05) is 23.8 Å². The Kier molecular flexibility index (Phi) is 6.42. The first-order chi connectivity index (χ1) is 18.0. The third-order valence-electron chi connectivity index (χ3n) is 6.89. The van der Waals surface area contributed by atoms with Crippen molar-refractivity contribution in [3.05, 3.63) is 82.7 Å². The van der Waals surface area contributed by atoms with Gasteiger partial charge in [-0.2, -0.15) is 13.2 Å². The van der Waals surface area contributed by atoms with Crippen molar-refractivity contribution < 1.29 is 22.8 Å². The topological polar surface area (TPSA) is 109 Å². The minimum absolute atomic E-state index is 0.0649. The van der Waals surface area contributed by atoms with Crippen molar-refractivity contribution in [2.45, 2.75) is 45.3 Å². The molecule has 1 aliphatic heterocycles. The summed E-state index contributed by atoms with van der Waals surface area (Å²) in [4.78, 5) is 34.3. The lowest BCUT2D eigenvalue weighted by Gasteiger charge is -2.16. The van der Waals surface area contributed by atoms with Crippen LogP contribution in [0.2, 0.25) is 0 Å². The number of rotatable bonds is 8. The second-order valence-electron chi connectivity index (χ2n) is 9.90. The van der Waals surface area contributed by atoms with Crippen molar-refractivity contribution in [1.82, 2.24) is 10.3 Å². The van der Waals surface area contributed by atoms with Crippen LogP contribution in [0.1, 0.15) is 52.0 Å². The van der Waals surface area contributed by atoms with Gasteiger partial charge in [-0.25, -0.2) is 4.99 Å². The van der Waals surface area contributed by atoms with Crippen molar-refractivity contribution in [3.63, 3.8) is 0 Å². The monoisotopic (exact) mass is 521 g/mol. The van der Waals surface area contributed by atoms with Crippen LogP contribution < -0.4 is 16.4 Å². The fourth-order valence-corrected chi connectivity index (χ4v) is 4.54. The number of aliphatic imine (C=N–C) groups is 1. The molecule has 10 heteroatoms. The number of carbonyl (C=O) groups excluding carboxylic acids is 2. The predicted molar refractivity (Wildman–Crippen MR) is 138 cm³/mol. The number of amides is 1. The first-order valence-corrected chi connectivity index (χ1v) is 12.2. The average Bonchev–Trinajstić information content (AvgIpc) is 3.55. The molecular formula is C28H26F3N5O2. The van der Waals surface area contributed by atoms with Crippen LogP contribution in [0.4, 0.5) is 30.2 Å². The zero-order chi connectivity index (χ0) is 27.1. The Balaban J connectivity index is 1.18. The molecule has 4 N–H and O–H groups in total. The number of ketones is 1. The number of halogens is 3. The fraction of sp³-hybridized carbons (Fsp3) is 0.286. The molecule has 1 aliphatic carbocycles. The molecule has 1 saturated carbocycles. The molecule has 1 fully saturated rings. The summed E-state index contributed by atoms with van der Waals surface area (Å²) in [7, 11) is 0. The van der Waals surface area contributed by atoms with Gasteiger partial charge in [0.2, 0.25) is 5.91 Å². The Morgan fingerprint density at radius 2 is 1.87 bits per heavy atom. The van der Waals surface area contributed by atoms with Gasteiger partial charge in [0.15, 0.2) is 5.78 Å². The highest BCUT2D eigenvalue weighted by Gasteiger charge is 2.51. The van der Waals surface area contributed by atoms with Crippen LogP contribution >= 0.6 is 0 Å².